The first-order valence-electron chi connectivity index (χ1n) is 8.65. The molecule has 0 amide bonds. The normalized spacial score (nSPS) is 12.4. The van der Waals surface area contributed by atoms with Gasteiger partial charge in [0.1, 0.15) is 12.3 Å². The van der Waals surface area contributed by atoms with Crippen molar-refractivity contribution in [2.24, 2.45) is 0 Å². The summed E-state index contributed by atoms with van der Waals surface area (Å²) in [5.74, 6) is 1.55. The molecule has 1 atom stereocenters. The van der Waals surface area contributed by atoms with Gasteiger partial charge in [-0.3, -0.25) is 0 Å². The maximum Gasteiger partial charge on any atom is 0.123 e. The quantitative estimate of drug-likeness (QED) is 0.735. The van der Waals surface area contributed by atoms with E-state index in [0.29, 0.717) is 5.92 Å². The Labute approximate surface area is 141 Å². The van der Waals surface area contributed by atoms with Crippen LogP contribution in [0.15, 0.2) is 48.5 Å². The lowest BCUT2D eigenvalue weighted by molar-refractivity contribution is -0.894. The van der Waals surface area contributed by atoms with Crippen LogP contribution in [0.4, 0.5) is 0 Å². The third kappa shape index (κ3) is 5.72. The van der Waals surface area contributed by atoms with Gasteiger partial charge in [0, 0.05) is 12.0 Å². The Balaban J connectivity index is 1.78. The molecular weight excluding hydrogens is 282 g/mol. The minimum atomic E-state index is 0.497. The highest BCUT2D eigenvalue weighted by atomic mass is 16.5. The maximum absolute atomic E-state index is 6.07. The van der Waals surface area contributed by atoms with E-state index in [9.17, 15) is 0 Å². The number of hydrogen-bond acceptors (Lipinski definition) is 1. The van der Waals surface area contributed by atoms with Crippen LogP contribution in [0.5, 0.6) is 5.75 Å². The van der Waals surface area contributed by atoms with Crippen LogP contribution in [-0.4, -0.2) is 20.2 Å². The zero-order chi connectivity index (χ0) is 16.7. The Bertz CT molecular complexity index is 592. The lowest BCUT2D eigenvalue weighted by Crippen LogP contribution is -3.07. The Kier molecular flexibility index (Phi) is 6.66. The zero-order valence-electron chi connectivity index (χ0n) is 14.9. The highest BCUT2D eigenvalue weighted by Crippen LogP contribution is 2.27. The van der Waals surface area contributed by atoms with Crippen molar-refractivity contribution in [1.29, 1.82) is 0 Å². The molecule has 0 saturated heterocycles. The largest absolute Gasteiger partial charge is 0.493 e. The molecule has 0 saturated carbocycles. The lowest BCUT2D eigenvalue weighted by Gasteiger charge is -2.17. The average molecular weight is 312 g/mol. The summed E-state index contributed by atoms with van der Waals surface area (Å²) in [5.41, 5.74) is 3.96. The van der Waals surface area contributed by atoms with Gasteiger partial charge in [-0.05, 0) is 30.0 Å². The number of nitrogens with one attached hydrogen (secondary N) is 1. The topological polar surface area (TPSA) is 13.7 Å². The second kappa shape index (κ2) is 8.73. The Morgan fingerprint density at radius 3 is 2.48 bits per heavy atom. The summed E-state index contributed by atoms with van der Waals surface area (Å²) in [5, 5.41) is 0. The molecule has 2 aromatic carbocycles. The van der Waals surface area contributed by atoms with E-state index in [2.05, 4.69) is 76.3 Å². The summed E-state index contributed by atoms with van der Waals surface area (Å²) in [7, 11) is 2.25. The fourth-order valence-electron chi connectivity index (χ4n) is 2.83. The SMILES string of the molecule is Cc1ccc(C(C)C)c(OCCC[NH+](C)Cc2ccccc2)c1. The van der Waals surface area contributed by atoms with Gasteiger partial charge in [-0.2, -0.15) is 0 Å². The van der Waals surface area contributed by atoms with Crippen molar-refractivity contribution in [2.75, 3.05) is 20.2 Å². The molecule has 0 fully saturated rings. The molecule has 0 aliphatic rings. The van der Waals surface area contributed by atoms with Crippen molar-refractivity contribution in [2.45, 2.75) is 39.7 Å². The van der Waals surface area contributed by atoms with Gasteiger partial charge in [0.05, 0.1) is 20.2 Å². The molecule has 0 radical (unpaired) electrons. The van der Waals surface area contributed by atoms with Gasteiger partial charge in [-0.15, -0.1) is 0 Å². The van der Waals surface area contributed by atoms with Crippen LogP contribution in [0, 0.1) is 6.92 Å². The van der Waals surface area contributed by atoms with Crippen molar-refractivity contribution in [3.05, 3.63) is 65.2 Å². The van der Waals surface area contributed by atoms with E-state index in [-0.39, 0.29) is 0 Å². The Hall–Kier alpha value is -1.80. The van der Waals surface area contributed by atoms with Crippen LogP contribution in [0.3, 0.4) is 0 Å². The molecule has 2 aromatic rings. The first-order chi connectivity index (χ1) is 11.1. The van der Waals surface area contributed by atoms with Crippen LogP contribution in [0.1, 0.15) is 42.9 Å². The van der Waals surface area contributed by atoms with Gasteiger partial charge >= 0.3 is 0 Å². The molecule has 2 heteroatoms. The van der Waals surface area contributed by atoms with Crippen molar-refractivity contribution in [1.82, 2.24) is 0 Å². The first kappa shape index (κ1) is 17.6. The predicted octanol–water partition coefficient (Wildman–Crippen LogP) is 3.60. The summed E-state index contributed by atoms with van der Waals surface area (Å²) >= 11 is 0. The van der Waals surface area contributed by atoms with E-state index in [1.807, 2.05) is 0 Å². The molecule has 2 rings (SSSR count). The summed E-state index contributed by atoms with van der Waals surface area (Å²) in [6.45, 7) is 9.54. The van der Waals surface area contributed by atoms with Crippen LogP contribution >= 0.6 is 0 Å². The monoisotopic (exact) mass is 312 g/mol. The summed E-state index contributed by atoms with van der Waals surface area (Å²) in [6.07, 6.45) is 1.07. The van der Waals surface area contributed by atoms with Crippen molar-refractivity contribution in [3.63, 3.8) is 0 Å². The van der Waals surface area contributed by atoms with Crippen molar-refractivity contribution < 1.29 is 9.64 Å². The highest BCUT2D eigenvalue weighted by molar-refractivity contribution is 5.39. The fourth-order valence-corrected chi connectivity index (χ4v) is 2.83. The van der Waals surface area contributed by atoms with Crippen molar-refractivity contribution in [3.8, 4) is 5.75 Å². The number of hydrogen-bond donors (Lipinski definition) is 1. The summed E-state index contributed by atoms with van der Waals surface area (Å²) in [4.78, 5) is 1.52. The smallest absolute Gasteiger partial charge is 0.123 e. The second-order valence-electron chi connectivity index (χ2n) is 6.77. The molecule has 2 nitrogen and oxygen atoms in total. The van der Waals surface area contributed by atoms with E-state index in [1.165, 1.54) is 21.6 Å². The van der Waals surface area contributed by atoms with Gasteiger partial charge in [-0.25, -0.2) is 0 Å². The molecule has 0 aromatic heterocycles. The molecule has 0 aliphatic heterocycles. The molecule has 0 spiro atoms. The van der Waals surface area contributed by atoms with Gasteiger partial charge < -0.3 is 9.64 Å². The molecule has 1 unspecified atom stereocenters. The van der Waals surface area contributed by atoms with E-state index in [1.54, 1.807) is 0 Å². The number of benzene rings is 2. The van der Waals surface area contributed by atoms with Crippen molar-refractivity contribution >= 4 is 0 Å². The van der Waals surface area contributed by atoms with Crippen LogP contribution < -0.4 is 9.64 Å². The first-order valence-corrected chi connectivity index (χ1v) is 8.65. The molecule has 23 heavy (non-hydrogen) atoms. The van der Waals surface area contributed by atoms with Gasteiger partial charge in [-0.1, -0.05) is 56.3 Å². The van der Waals surface area contributed by atoms with Gasteiger partial charge in [0.15, 0.2) is 0 Å². The molecule has 124 valence electrons. The number of aryl methyl sites for hydroxylation is 1. The van der Waals surface area contributed by atoms with Gasteiger partial charge in [0.25, 0.3) is 0 Å². The highest BCUT2D eigenvalue weighted by Gasteiger charge is 2.09. The molecule has 0 aliphatic carbocycles. The maximum atomic E-state index is 6.07. The molecular formula is C21H30NO+. The fraction of sp³-hybridized carbons (Fsp3) is 0.429. The van der Waals surface area contributed by atoms with Crippen LogP contribution in [-0.2, 0) is 6.54 Å². The molecule has 1 N–H and O–H groups in total. The van der Waals surface area contributed by atoms with Gasteiger partial charge in [0.2, 0.25) is 0 Å². The lowest BCUT2D eigenvalue weighted by atomic mass is 10.0. The minimum Gasteiger partial charge on any atom is -0.493 e. The minimum absolute atomic E-state index is 0.497. The van der Waals surface area contributed by atoms with E-state index < -0.39 is 0 Å². The summed E-state index contributed by atoms with van der Waals surface area (Å²) < 4.78 is 6.07. The third-order valence-corrected chi connectivity index (χ3v) is 4.15. The average Bonchev–Trinajstić information content (AvgIpc) is 2.52. The zero-order valence-corrected chi connectivity index (χ0v) is 14.9. The summed E-state index contributed by atoms with van der Waals surface area (Å²) in [6, 6.07) is 17.2. The molecule has 0 heterocycles. The predicted molar refractivity (Wildman–Crippen MR) is 97.3 cm³/mol. The number of quaternary nitrogens is 1. The Morgan fingerprint density at radius 2 is 1.78 bits per heavy atom. The number of rotatable bonds is 8. The third-order valence-electron chi connectivity index (χ3n) is 4.15. The number of ether oxygens (including phenoxy) is 1. The van der Waals surface area contributed by atoms with E-state index in [4.69, 9.17) is 4.74 Å². The Morgan fingerprint density at radius 1 is 1.04 bits per heavy atom. The second-order valence-corrected chi connectivity index (χ2v) is 6.77. The van der Waals surface area contributed by atoms with E-state index in [0.717, 1.165) is 31.9 Å². The van der Waals surface area contributed by atoms with Crippen LogP contribution in [0.2, 0.25) is 0 Å². The standard InChI is InChI=1S/C21H29NO/c1-17(2)20-12-11-18(3)15-21(20)23-14-8-13-22(4)16-19-9-6-5-7-10-19/h5-7,9-12,15,17H,8,13-14,16H2,1-4H3/p+1. The van der Waals surface area contributed by atoms with E-state index >= 15 is 0 Å². The van der Waals surface area contributed by atoms with Crippen LogP contribution in [0.25, 0.3) is 0 Å². The molecule has 0 bridgehead atoms.